The van der Waals surface area contributed by atoms with Crippen molar-refractivity contribution in [2.45, 2.75) is 53.9 Å². The highest BCUT2D eigenvalue weighted by atomic mass is 32.1. The number of nitrogens with zero attached hydrogens (tertiary/aromatic N) is 1. The monoisotopic (exact) mass is 884 g/mol. The summed E-state index contributed by atoms with van der Waals surface area (Å²) >= 11 is 1.83. The third-order valence-electron chi connectivity index (χ3n) is 11.3. The van der Waals surface area contributed by atoms with Gasteiger partial charge in [0.1, 0.15) is 0 Å². The molecule has 0 amide bonds. The maximum Gasteiger partial charge on any atom is 0.0568 e. The number of benzene rings is 7. The van der Waals surface area contributed by atoms with Gasteiger partial charge in [0, 0.05) is 61.1 Å². The van der Waals surface area contributed by atoms with Gasteiger partial charge in [-0.1, -0.05) is 179 Å². The molecule has 5 heteroatoms. The van der Waals surface area contributed by atoms with Gasteiger partial charge in [-0.25, -0.2) is 0 Å². The number of aryl methyl sites for hydroxylation is 1. The minimum atomic E-state index is 0.573. The molecule has 0 saturated carbocycles. The lowest BCUT2D eigenvalue weighted by molar-refractivity contribution is 0.962. The van der Waals surface area contributed by atoms with Gasteiger partial charge in [-0.15, -0.1) is 11.3 Å². The second-order valence-electron chi connectivity index (χ2n) is 15.9. The lowest BCUT2D eigenvalue weighted by Gasteiger charge is -2.23. The molecule has 9 rings (SSSR count). The van der Waals surface area contributed by atoms with Crippen molar-refractivity contribution in [1.29, 1.82) is 0 Å². The van der Waals surface area contributed by atoms with Crippen molar-refractivity contribution in [3.05, 3.63) is 224 Å². The van der Waals surface area contributed by atoms with Gasteiger partial charge in [0.15, 0.2) is 0 Å². The van der Waals surface area contributed by atoms with E-state index in [1.807, 2.05) is 74.6 Å². The highest BCUT2D eigenvalue weighted by Gasteiger charge is 2.14. The predicted molar refractivity (Wildman–Crippen MR) is 296 cm³/mol. The van der Waals surface area contributed by atoms with E-state index in [9.17, 15) is 0 Å². The zero-order valence-electron chi connectivity index (χ0n) is 39.4. The maximum atomic E-state index is 6.14. The van der Waals surface area contributed by atoms with Crippen LogP contribution in [0.15, 0.2) is 212 Å². The highest BCUT2D eigenvalue weighted by molar-refractivity contribution is 7.25. The molecule has 0 bridgehead atoms. The van der Waals surface area contributed by atoms with Crippen LogP contribution in [0, 0.1) is 0 Å². The summed E-state index contributed by atoms with van der Waals surface area (Å²) in [5.41, 5.74) is 26.8. The molecule has 1 aliphatic rings. The molecule has 0 aliphatic heterocycles. The Bertz CT molecular complexity index is 2970. The minimum absolute atomic E-state index is 0.573. The fourth-order valence-electron chi connectivity index (χ4n) is 7.64. The van der Waals surface area contributed by atoms with Crippen LogP contribution >= 0.6 is 11.3 Å². The molecule has 1 aliphatic carbocycles. The molecule has 0 atom stereocenters. The van der Waals surface area contributed by atoms with Crippen molar-refractivity contribution in [2.24, 2.45) is 0 Å². The molecule has 0 unspecified atom stereocenters. The first-order valence-electron chi connectivity index (χ1n) is 23.0. The topological polar surface area (TPSA) is 67.3 Å². The van der Waals surface area contributed by atoms with Crippen LogP contribution in [-0.2, 0) is 6.42 Å². The van der Waals surface area contributed by atoms with E-state index in [0.29, 0.717) is 11.4 Å². The second kappa shape index (κ2) is 24.1. The van der Waals surface area contributed by atoms with E-state index in [1.165, 1.54) is 44.2 Å². The Hall–Kier alpha value is -7.34. The Morgan fingerprint density at radius 3 is 2.09 bits per heavy atom. The average Bonchev–Trinajstić information content (AvgIpc) is 3.74. The van der Waals surface area contributed by atoms with Crippen molar-refractivity contribution in [2.75, 3.05) is 28.7 Å². The summed E-state index contributed by atoms with van der Waals surface area (Å²) in [6.07, 6.45) is 18.2. The highest BCUT2D eigenvalue weighted by Crippen LogP contribution is 2.39. The molecule has 66 heavy (non-hydrogen) atoms. The van der Waals surface area contributed by atoms with Crippen molar-refractivity contribution in [3.63, 3.8) is 0 Å². The molecule has 4 nitrogen and oxygen atoms in total. The quantitative estimate of drug-likeness (QED) is 0.0945. The molecule has 1 aromatic heterocycles. The van der Waals surface area contributed by atoms with Gasteiger partial charge in [-0.2, -0.15) is 0 Å². The van der Waals surface area contributed by atoms with Crippen LogP contribution in [0.4, 0.5) is 34.1 Å². The van der Waals surface area contributed by atoms with Crippen LogP contribution in [0.2, 0.25) is 0 Å². The summed E-state index contributed by atoms with van der Waals surface area (Å²) < 4.78 is 2.58. The van der Waals surface area contributed by atoms with Crippen molar-refractivity contribution < 1.29 is 0 Å². The third kappa shape index (κ3) is 12.5. The van der Waals surface area contributed by atoms with E-state index in [4.69, 9.17) is 11.5 Å². The van der Waals surface area contributed by atoms with Gasteiger partial charge in [0.2, 0.25) is 0 Å². The van der Waals surface area contributed by atoms with Gasteiger partial charge < -0.3 is 21.7 Å². The third-order valence-corrected chi connectivity index (χ3v) is 12.5. The molecule has 0 radical (unpaired) electrons. The van der Waals surface area contributed by atoms with Crippen LogP contribution in [0.1, 0.15) is 58.6 Å². The normalized spacial score (nSPS) is 11.8. The fourth-order valence-corrected chi connectivity index (χ4v) is 8.72. The Morgan fingerprint density at radius 2 is 1.41 bits per heavy atom. The van der Waals surface area contributed by atoms with Crippen LogP contribution in [-0.4, -0.2) is 7.05 Å². The standard InChI is InChI=1S/C44H38N4S.C8H10.C7H10.C2H6/c1-4-5-6-11-29(2)35-23-20-32(26-41(35)47-33-21-25-44-38(27-33)37-13-8-10-15-43(37)49-44)30-16-18-31(19-17-30)36-12-7-9-14-42(36)48(3)34-22-24-39(45)40(46)28-34;1-2-8-6-4-3-5-7-8;1-7-5-3-2-4-6-7;1-2/h4-28,47H,2,45-46H2,1,3H3;3-7H,2H2,1H3;2-3,5H,4,6H2,1H3;1-2H3/b5-4-,11-6-;;;. The van der Waals surface area contributed by atoms with E-state index in [2.05, 4.69) is 195 Å². The molecule has 0 spiro atoms. The zero-order chi connectivity index (χ0) is 46.8. The SMILES string of the molecule is C=C(/C=C\C=C/C)c1ccc(-c2ccc(-c3ccccc3N(C)c3ccc(N)c(N)c3)cc2)cc1Nc1ccc2sc3ccccc3c2c1.CC.CC1=CC=CCC1.CCc1ccccc1. The van der Waals surface area contributed by atoms with E-state index in [1.54, 1.807) is 0 Å². The summed E-state index contributed by atoms with van der Waals surface area (Å²) in [4.78, 5) is 2.14. The van der Waals surface area contributed by atoms with Crippen LogP contribution in [0.3, 0.4) is 0 Å². The number of hydrogen-bond donors (Lipinski definition) is 3. The lowest BCUT2D eigenvalue weighted by Crippen LogP contribution is -2.11. The number of para-hydroxylation sites is 1. The summed E-state index contributed by atoms with van der Waals surface area (Å²) in [5.74, 6) is 0. The molecular weight excluding hydrogens is 821 g/mol. The zero-order valence-corrected chi connectivity index (χ0v) is 40.2. The van der Waals surface area contributed by atoms with Crippen molar-refractivity contribution in [3.8, 4) is 22.3 Å². The number of nitrogens with one attached hydrogen (secondary N) is 1. The van der Waals surface area contributed by atoms with E-state index in [0.717, 1.165) is 62.6 Å². The van der Waals surface area contributed by atoms with Crippen LogP contribution < -0.4 is 21.7 Å². The number of anilines is 6. The Morgan fingerprint density at radius 1 is 0.712 bits per heavy atom. The van der Waals surface area contributed by atoms with Gasteiger partial charge in [-0.3, -0.25) is 0 Å². The maximum absolute atomic E-state index is 6.14. The van der Waals surface area contributed by atoms with Gasteiger partial charge in [0.25, 0.3) is 0 Å². The first-order chi connectivity index (χ1) is 32.2. The molecule has 7 aromatic carbocycles. The predicted octanol–water partition coefficient (Wildman–Crippen LogP) is 17.8. The first kappa shape index (κ1) is 48.1. The summed E-state index contributed by atoms with van der Waals surface area (Å²) in [6.45, 7) is 14.7. The number of rotatable bonds is 10. The second-order valence-corrected chi connectivity index (χ2v) is 17.0. The average molecular weight is 885 g/mol. The molecule has 0 fully saturated rings. The van der Waals surface area contributed by atoms with Gasteiger partial charge in [0.05, 0.1) is 11.4 Å². The van der Waals surface area contributed by atoms with Crippen molar-refractivity contribution in [1.82, 2.24) is 0 Å². The number of fused-ring (bicyclic) bond motifs is 3. The summed E-state index contributed by atoms with van der Waals surface area (Å²) in [5, 5.41) is 6.29. The smallest absolute Gasteiger partial charge is 0.0568 e. The van der Waals surface area contributed by atoms with Crippen LogP contribution in [0.5, 0.6) is 0 Å². The number of nitrogens with two attached hydrogens (primary N) is 2. The van der Waals surface area contributed by atoms with Gasteiger partial charge >= 0.3 is 0 Å². The molecular formula is C61H64N4S. The fraction of sp³-hybridized carbons (Fsp3) is 0.148. The van der Waals surface area contributed by atoms with Crippen molar-refractivity contribution >= 4 is 71.2 Å². The largest absolute Gasteiger partial charge is 0.397 e. The number of allylic oxidation sites excluding steroid dienone is 9. The summed E-state index contributed by atoms with van der Waals surface area (Å²) in [6, 6.07) is 55.2. The molecule has 0 saturated heterocycles. The molecule has 5 N–H and O–H groups in total. The minimum Gasteiger partial charge on any atom is -0.397 e. The molecule has 334 valence electrons. The molecule has 1 heterocycles. The Labute approximate surface area is 397 Å². The van der Waals surface area contributed by atoms with E-state index < -0.39 is 0 Å². The van der Waals surface area contributed by atoms with Gasteiger partial charge in [-0.05, 0) is 116 Å². The van der Waals surface area contributed by atoms with E-state index in [-0.39, 0.29) is 0 Å². The first-order valence-corrected chi connectivity index (χ1v) is 23.8. The number of thiophene rings is 1. The summed E-state index contributed by atoms with van der Waals surface area (Å²) in [7, 11) is 2.05. The van der Waals surface area contributed by atoms with Crippen LogP contribution in [0.25, 0.3) is 48.0 Å². The molecule has 8 aromatic rings. The number of nitrogen functional groups attached to an aromatic ring is 2. The lowest BCUT2D eigenvalue weighted by atomic mass is 9.96. The Balaban J connectivity index is 0.000000356. The number of hydrogen-bond acceptors (Lipinski definition) is 5. The van der Waals surface area contributed by atoms with E-state index >= 15 is 0 Å². The Kier molecular flexibility index (Phi) is 17.6.